The maximum Gasteiger partial charge on any atom is 0.227 e. The van der Waals surface area contributed by atoms with Crippen LogP contribution in [0.1, 0.15) is 46.1 Å². The monoisotopic (exact) mass is 274 g/mol. The first-order chi connectivity index (χ1) is 9.26. The largest absolute Gasteiger partial charge is 0.399 e. The van der Waals surface area contributed by atoms with E-state index in [1.54, 1.807) is 0 Å². The molecule has 110 valence electrons. The van der Waals surface area contributed by atoms with Crippen molar-refractivity contribution >= 4 is 17.3 Å². The summed E-state index contributed by atoms with van der Waals surface area (Å²) in [4.78, 5) is 14.4. The first kappa shape index (κ1) is 14.9. The van der Waals surface area contributed by atoms with Crippen molar-refractivity contribution in [3.8, 4) is 0 Å². The Labute approximate surface area is 122 Å². The zero-order chi connectivity index (χ0) is 14.9. The third kappa shape index (κ3) is 3.53. The Hall–Kier alpha value is -1.51. The van der Waals surface area contributed by atoms with Crippen LogP contribution in [0.25, 0.3) is 0 Å². The molecule has 1 aromatic carbocycles. The van der Waals surface area contributed by atoms with Crippen LogP contribution in [0.3, 0.4) is 0 Å². The van der Waals surface area contributed by atoms with E-state index in [2.05, 4.69) is 27.7 Å². The quantitative estimate of drug-likeness (QED) is 0.856. The molecule has 20 heavy (non-hydrogen) atoms. The van der Waals surface area contributed by atoms with Crippen molar-refractivity contribution in [2.75, 3.05) is 17.2 Å². The lowest BCUT2D eigenvalue weighted by Crippen LogP contribution is -2.30. The summed E-state index contributed by atoms with van der Waals surface area (Å²) >= 11 is 0. The average molecular weight is 274 g/mol. The molecule has 0 bridgehead atoms. The fraction of sp³-hybridized carbons (Fsp3) is 0.588. The number of nitrogens with zero attached hydrogens (tertiary/aromatic N) is 1. The van der Waals surface area contributed by atoms with Crippen LogP contribution in [0, 0.1) is 11.3 Å². The van der Waals surface area contributed by atoms with Crippen LogP contribution in [0.4, 0.5) is 11.4 Å². The Bertz CT molecular complexity index is 502. The minimum atomic E-state index is 0.241. The number of anilines is 2. The number of nitrogen functional groups attached to an aromatic ring is 1. The van der Waals surface area contributed by atoms with Crippen LogP contribution in [-0.4, -0.2) is 12.5 Å². The van der Waals surface area contributed by atoms with Crippen molar-refractivity contribution < 1.29 is 4.79 Å². The predicted octanol–water partition coefficient (Wildman–Crippen LogP) is 3.62. The Morgan fingerprint density at radius 2 is 2.10 bits per heavy atom. The first-order valence-electron chi connectivity index (χ1n) is 7.45. The van der Waals surface area contributed by atoms with Crippen LogP contribution in [-0.2, 0) is 11.2 Å². The number of fused-ring (bicyclic) bond motifs is 1. The summed E-state index contributed by atoms with van der Waals surface area (Å²) < 4.78 is 0. The Morgan fingerprint density at radius 1 is 1.40 bits per heavy atom. The van der Waals surface area contributed by atoms with Gasteiger partial charge in [0.1, 0.15) is 0 Å². The van der Waals surface area contributed by atoms with E-state index in [0.717, 1.165) is 30.8 Å². The zero-order valence-electron chi connectivity index (χ0n) is 13.1. The SMILES string of the molecule is CC(CC(=O)N1CCc2cc(N)ccc21)CC(C)(C)C. The molecule has 0 saturated carbocycles. The minimum absolute atomic E-state index is 0.241. The Kier molecular flexibility index (Phi) is 4.07. The molecule has 1 heterocycles. The van der Waals surface area contributed by atoms with Gasteiger partial charge in [0.05, 0.1) is 0 Å². The molecular weight excluding hydrogens is 248 g/mol. The topological polar surface area (TPSA) is 46.3 Å². The van der Waals surface area contributed by atoms with E-state index in [1.807, 2.05) is 23.1 Å². The minimum Gasteiger partial charge on any atom is -0.399 e. The number of nitrogens with two attached hydrogens (primary N) is 1. The maximum atomic E-state index is 12.5. The van der Waals surface area contributed by atoms with E-state index in [4.69, 9.17) is 5.73 Å². The van der Waals surface area contributed by atoms with Gasteiger partial charge < -0.3 is 10.6 Å². The molecule has 3 nitrogen and oxygen atoms in total. The highest BCUT2D eigenvalue weighted by molar-refractivity contribution is 5.95. The molecule has 0 aliphatic carbocycles. The van der Waals surface area contributed by atoms with Crippen molar-refractivity contribution in [2.45, 2.75) is 47.0 Å². The van der Waals surface area contributed by atoms with Gasteiger partial charge in [0.2, 0.25) is 5.91 Å². The van der Waals surface area contributed by atoms with Crippen molar-refractivity contribution in [3.63, 3.8) is 0 Å². The van der Waals surface area contributed by atoms with E-state index >= 15 is 0 Å². The molecular formula is C17H26N2O. The lowest BCUT2D eigenvalue weighted by atomic mass is 9.84. The third-order valence-electron chi connectivity index (χ3n) is 3.78. The highest BCUT2D eigenvalue weighted by atomic mass is 16.2. The lowest BCUT2D eigenvalue weighted by Gasteiger charge is -2.25. The standard InChI is InChI=1S/C17H26N2O/c1-12(11-17(2,3)4)9-16(20)19-8-7-13-10-14(18)5-6-15(13)19/h5-6,10,12H,7-9,11,18H2,1-4H3. The molecule has 0 fully saturated rings. The van der Waals surface area contributed by atoms with Gasteiger partial charge in [0, 0.05) is 24.3 Å². The van der Waals surface area contributed by atoms with Crippen molar-refractivity contribution in [3.05, 3.63) is 23.8 Å². The molecule has 1 aliphatic heterocycles. The molecule has 1 aromatic rings. The van der Waals surface area contributed by atoms with Crippen LogP contribution >= 0.6 is 0 Å². The highest BCUT2D eigenvalue weighted by Crippen LogP contribution is 2.32. The Morgan fingerprint density at radius 3 is 2.75 bits per heavy atom. The zero-order valence-corrected chi connectivity index (χ0v) is 13.1. The number of hydrogen-bond donors (Lipinski definition) is 1. The molecule has 1 aliphatic rings. The second-order valence-electron chi connectivity index (χ2n) is 7.26. The van der Waals surface area contributed by atoms with Gasteiger partial charge in [-0.3, -0.25) is 4.79 Å². The van der Waals surface area contributed by atoms with E-state index < -0.39 is 0 Å². The van der Waals surface area contributed by atoms with Gasteiger partial charge in [0.15, 0.2) is 0 Å². The second-order valence-corrected chi connectivity index (χ2v) is 7.26. The predicted molar refractivity (Wildman–Crippen MR) is 84.8 cm³/mol. The van der Waals surface area contributed by atoms with Crippen LogP contribution in [0.2, 0.25) is 0 Å². The summed E-state index contributed by atoms with van der Waals surface area (Å²) in [5.41, 5.74) is 9.10. The van der Waals surface area contributed by atoms with E-state index in [9.17, 15) is 4.79 Å². The van der Waals surface area contributed by atoms with E-state index in [1.165, 1.54) is 5.56 Å². The second kappa shape index (κ2) is 5.47. The number of amides is 1. The van der Waals surface area contributed by atoms with Gasteiger partial charge >= 0.3 is 0 Å². The Balaban J connectivity index is 2.02. The van der Waals surface area contributed by atoms with Gasteiger partial charge in [-0.25, -0.2) is 0 Å². The van der Waals surface area contributed by atoms with Crippen LogP contribution in [0.15, 0.2) is 18.2 Å². The summed E-state index contributed by atoms with van der Waals surface area (Å²) in [6.07, 6.45) is 2.61. The van der Waals surface area contributed by atoms with Gasteiger partial charge in [0.25, 0.3) is 0 Å². The molecule has 1 amide bonds. The summed E-state index contributed by atoms with van der Waals surface area (Å²) in [6.45, 7) is 9.63. The van der Waals surface area contributed by atoms with Crippen molar-refractivity contribution in [2.24, 2.45) is 11.3 Å². The fourth-order valence-electron chi connectivity index (χ4n) is 3.21. The summed E-state index contributed by atoms with van der Waals surface area (Å²) in [7, 11) is 0. The molecule has 3 heteroatoms. The first-order valence-corrected chi connectivity index (χ1v) is 7.45. The summed E-state index contributed by atoms with van der Waals surface area (Å²) in [5.74, 6) is 0.658. The molecule has 1 unspecified atom stereocenters. The molecule has 0 radical (unpaired) electrons. The molecule has 0 aromatic heterocycles. The van der Waals surface area contributed by atoms with Gasteiger partial charge in [-0.1, -0.05) is 27.7 Å². The van der Waals surface area contributed by atoms with Crippen molar-refractivity contribution in [1.82, 2.24) is 0 Å². The number of hydrogen-bond acceptors (Lipinski definition) is 2. The van der Waals surface area contributed by atoms with Gasteiger partial charge in [-0.15, -0.1) is 0 Å². The number of rotatable bonds is 3. The van der Waals surface area contributed by atoms with Crippen molar-refractivity contribution in [1.29, 1.82) is 0 Å². The molecule has 1 atom stereocenters. The average Bonchev–Trinajstić information content (AvgIpc) is 2.68. The van der Waals surface area contributed by atoms with Crippen LogP contribution in [0.5, 0.6) is 0 Å². The van der Waals surface area contributed by atoms with Gasteiger partial charge in [-0.2, -0.15) is 0 Å². The lowest BCUT2D eigenvalue weighted by molar-refractivity contribution is -0.119. The van der Waals surface area contributed by atoms with Crippen LogP contribution < -0.4 is 10.6 Å². The molecule has 0 spiro atoms. The number of benzene rings is 1. The molecule has 0 saturated heterocycles. The molecule has 2 rings (SSSR count). The third-order valence-corrected chi connectivity index (χ3v) is 3.78. The molecule has 2 N–H and O–H groups in total. The highest BCUT2D eigenvalue weighted by Gasteiger charge is 2.26. The van der Waals surface area contributed by atoms with E-state index in [0.29, 0.717) is 12.3 Å². The summed E-state index contributed by atoms with van der Waals surface area (Å²) in [5, 5.41) is 0. The smallest absolute Gasteiger partial charge is 0.227 e. The maximum absolute atomic E-state index is 12.5. The fourth-order valence-corrected chi connectivity index (χ4v) is 3.21. The van der Waals surface area contributed by atoms with E-state index in [-0.39, 0.29) is 11.3 Å². The normalized spacial score (nSPS) is 16.1. The summed E-state index contributed by atoms with van der Waals surface area (Å²) in [6, 6.07) is 5.84. The number of carbonyl (C=O) groups excluding carboxylic acids is 1. The number of carbonyl (C=O) groups is 1. The van der Waals surface area contributed by atoms with Gasteiger partial charge in [-0.05, 0) is 47.9 Å².